The summed E-state index contributed by atoms with van der Waals surface area (Å²) >= 11 is 0. The number of nitrogens with two attached hydrogens (primary N) is 1. The van der Waals surface area contributed by atoms with E-state index in [4.69, 9.17) is 10.4 Å². The van der Waals surface area contributed by atoms with Crippen LogP contribution in [0.15, 0.2) is 16.7 Å². The van der Waals surface area contributed by atoms with Crippen LogP contribution in [0, 0.1) is 13.8 Å². The minimum absolute atomic E-state index is 0.294. The van der Waals surface area contributed by atoms with Gasteiger partial charge in [-0.1, -0.05) is 12.1 Å². The lowest BCUT2D eigenvalue weighted by molar-refractivity contribution is 0.102. The van der Waals surface area contributed by atoms with Crippen LogP contribution in [-0.2, 0) is 6.42 Å². The van der Waals surface area contributed by atoms with Gasteiger partial charge in [-0.2, -0.15) is 0 Å². The van der Waals surface area contributed by atoms with E-state index < -0.39 is 0 Å². The number of nitrogens with zero attached hydrogens (tertiary/aromatic N) is 2. The Balaban J connectivity index is 2.27. The minimum Gasteiger partial charge on any atom is -0.338 e. The van der Waals surface area contributed by atoms with Crippen molar-refractivity contribution in [2.75, 3.05) is 10.7 Å². The van der Waals surface area contributed by atoms with E-state index >= 15 is 0 Å². The molecule has 0 spiro atoms. The molecule has 7 heteroatoms. The van der Waals surface area contributed by atoms with Crippen molar-refractivity contribution in [2.45, 2.75) is 27.2 Å². The molecule has 2 aromatic heterocycles. The quantitative estimate of drug-likeness (QED) is 0.580. The number of pyridine rings is 1. The maximum atomic E-state index is 12.2. The summed E-state index contributed by atoms with van der Waals surface area (Å²) in [4.78, 5) is 16.4. The first-order valence-electron chi connectivity index (χ1n) is 6.27. The van der Waals surface area contributed by atoms with Crippen molar-refractivity contribution in [2.24, 2.45) is 5.84 Å². The maximum Gasteiger partial charge on any atom is 0.258 e. The second kappa shape index (κ2) is 5.70. The summed E-state index contributed by atoms with van der Waals surface area (Å²) in [6, 6.07) is 3.29. The molecule has 0 fully saturated rings. The van der Waals surface area contributed by atoms with E-state index in [2.05, 4.69) is 20.9 Å². The summed E-state index contributed by atoms with van der Waals surface area (Å²) in [5.41, 5.74) is 5.23. The van der Waals surface area contributed by atoms with Crippen molar-refractivity contribution in [3.63, 3.8) is 0 Å². The SMILES string of the molecule is CCc1cc(C(=O)Nc2onc(C)c2C)cc(NN)n1. The zero-order valence-electron chi connectivity index (χ0n) is 11.7. The molecule has 0 saturated heterocycles. The Bertz CT molecular complexity index is 613. The molecule has 20 heavy (non-hydrogen) atoms. The molecule has 1 amide bonds. The summed E-state index contributed by atoms with van der Waals surface area (Å²) in [7, 11) is 0. The number of hydrogen-bond donors (Lipinski definition) is 3. The predicted octanol–water partition coefficient (Wildman–Crippen LogP) is 1.79. The fourth-order valence-electron chi connectivity index (χ4n) is 1.68. The largest absolute Gasteiger partial charge is 0.338 e. The van der Waals surface area contributed by atoms with E-state index in [9.17, 15) is 4.79 Å². The lowest BCUT2D eigenvalue weighted by Gasteiger charge is -2.07. The molecule has 0 saturated carbocycles. The molecule has 2 rings (SSSR count). The van der Waals surface area contributed by atoms with Gasteiger partial charge in [0.25, 0.3) is 5.91 Å². The Labute approximate surface area is 116 Å². The molecule has 0 aliphatic rings. The molecular formula is C13H17N5O2. The first-order chi connectivity index (χ1) is 9.55. The van der Waals surface area contributed by atoms with E-state index in [1.807, 2.05) is 20.8 Å². The number of anilines is 2. The summed E-state index contributed by atoms with van der Waals surface area (Å²) in [5.74, 6) is 5.85. The van der Waals surface area contributed by atoms with Gasteiger partial charge < -0.3 is 9.95 Å². The average Bonchev–Trinajstić information content (AvgIpc) is 2.78. The molecule has 0 atom stereocenters. The van der Waals surface area contributed by atoms with Crippen LogP contribution in [0.2, 0.25) is 0 Å². The Morgan fingerprint density at radius 1 is 1.40 bits per heavy atom. The number of nitrogens with one attached hydrogen (secondary N) is 2. The number of hydrazine groups is 1. The summed E-state index contributed by atoms with van der Waals surface area (Å²) in [6.45, 7) is 5.60. The number of amides is 1. The summed E-state index contributed by atoms with van der Waals surface area (Å²) in [6.07, 6.45) is 0.705. The van der Waals surface area contributed by atoms with Gasteiger partial charge in [0.05, 0.1) is 5.69 Å². The van der Waals surface area contributed by atoms with E-state index in [0.717, 1.165) is 17.0 Å². The van der Waals surface area contributed by atoms with Crippen molar-refractivity contribution >= 4 is 17.6 Å². The average molecular weight is 275 g/mol. The zero-order chi connectivity index (χ0) is 14.7. The van der Waals surface area contributed by atoms with Crippen molar-refractivity contribution in [1.82, 2.24) is 10.1 Å². The van der Waals surface area contributed by atoms with E-state index in [1.54, 1.807) is 12.1 Å². The van der Waals surface area contributed by atoms with E-state index in [0.29, 0.717) is 23.7 Å². The van der Waals surface area contributed by atoms with Crippen molar-refractivity contribution < 1.29 is 9.32 Å². The third kappa shape index (κ3) is 2.77. The van der Waals surface area contributed by atoms with Gasteiger partial charge in [-0.25, -0.2) is 10.8 Å². The standard InChI is InChI=1S/C13H17N5O2/c1-4-10-5-9(6-11(15-10)17-14)12(19)16-13-7(2)8(3)18-20-13/h5-6H,4,14H2,1-3H3,(H,15,17)(H,16,19). The molecule has 0 bridgehead atoms. The summed E-state index contributed by atoms with van der Waals surface area (Å²) < 4.78 is 5.06. The molecular weight excluding hydrogens is 258 g/mol. The van der Waals surface area contributed by atoms with Crippen LogP contribution in [0.5, 0.6) is 0 Å². The Morgan fingerprint density at radius 3 is 2.70 bits per heavy atom. The van der Waals surface area contributed by atoms with Crippen LogP contribution in [0.4, 0.5) is 11.7 Å². The number of aromatic nitrogens is 2. The van der Waals surface area contributed by atoms with Crippen LogP contribution in [0.1, 0.15) is 34.2 Å². The highest BCUT2D eigenvalue weighted by molar-refractivity contribution is 6.04. The number of hydrogen-bond acceptors (Lipinski definition) is 6. The molecule has 2 aromatic rings. The second-order valence-electron chi connectivity index (χ2n) is 4.41. The predicted molar refractivity (Wildman–Crippen MR) is 75.4 cm³/mol. The monoisotopic (exact) mass is 275 g/mol. The first kappa shape index (κ1) is 14.0. The Hall–Kier alpha value is -2.41. The summed E-state index contributed by atoms with van der Waals surface area (Å²) in [5, 5.41) is 6.48. The molecule has 0 radical (unpaired) electrons. The van der Waals surface area contributed by atoms with Crippen LogP contribution >= 0.6 is 0 Å². The highest BCUT2D eigenvalue weighted by atomic mass is 16.5. The fraction of sp³-hybridized carbons (Fsp3) is 0.308. The molecule has 4 N–H and O–H groups in total. The molecule has 7 nitrogen and oxygen atoms in total. The normalized spacial score (nSPS) is 10.4. The van der Waals surface area contributed by atoms with Crippen molar-refractivity contribution in [3.05, 3.63) is 34.6 Å². The van der Waals surface area contributed by atoms with Gasteiger partial charge in [0, 0.05) is 16.8 Å². The molecule has 2 heterocycles. The molecule has 0 aliphatic carbocycles. The minimum atomic E-state index is -0.294. The maximum absolute atomic E-state index is 12.2. The number of carbonyl (C=O) groups excluding carboxylic acids is 1. The molecule has 0 unspecified atom stereocenters. The van der Waals surface area contributed by atoms with Crippen LogP contribution in [-0.4, -0.2) is 16.0 Å². The Morgan fingerprint density at radius 2 is 2.15 bits per heavy atom. The molecule has 106 valence electrons. The van der Waals surface area contributed by atoms with E-state index in [-0.39, 0.29) is 5.91 Å². The molecule has 0 aliphatic heterocycles. The fourth-order valence-corrected chi connectivity index (χ4v) is 1.68. The van der Waals surface area contributed by atoms with Crippen LogP contribution in [0.3, 0.4) is 0 Å². The Kier molecular flexibility index (Phi) is 3.99. The number of aryl methyl sites for hydroxylation is 2. The third-order valence-electron chi connectivity index (χ3n) is 3.03. The first-order valence-corrected chi connectivity index (χ1v) is 6.27. The topological polar surface area (TPSA) is 106 Å². The van der Waals surface area contributed by atoms with Crippen molar-refractivity contribution in [3.8, 4) is 0 Å². The van der Waals surface area contributed by atoms with Gasteiger partial charge in [0.15, 0.2) is 0 Å². The van der Waals surface area contributed by atoms with Gasteiger partial charge in [-0.3, -0.25) is 10.1 Å². The van der Waals surface area contributed by atoms with Gasteiger partial charge >= 0.3 is 0 Å². The number of carbonyl (C=O) groups is 1. The molecule has 0 aromatic carbocycles. The van der Waals surface area contributed by atoms with Gasteiger partial charge in [-0.15, -0.1) is 0 Å². The smallest absolute Gasteiger partial charge is 0.258 e. The van der Waals surface area contributed by atoms with Gasteiger partial charge in [-0.05, 0) is 32.4 Å². The van der Waals surface area contributed by atoms with E-state index in [1.165, 1.54) is 0 Å². The lowest BCUT2D eigenvalue weighted by Crippen LogP contribution is -2.15. The number of nitrogen functional groups attached to an aromatic ring is 1. The lowest BCUT2D eigenvalue weighted by atomic mass is 10.1. The van der Waals surface area contributed by atoms with Gasteiger partial charge in [0.2, 0.25) is 5.88 Å². The number of rotatable bonds is 4. The highest BCUT2D eigenvalue weighted by Crippen LogP contribution is 2.19. The second-order valence-corrected chi connectivity index (χ2v) is 4.41. The van der Waals surface area contributed by atoms with Crippen LogP contribution < -0.4 is 16.6 Å². The zero-order valence-corrected chi connectivity index (χ0v) is 11.7. The van der Waals surface area contributed by atoms with Crippen molar-refractivity contribution in [1.29, 1.82) is 0 Å². The van der Waals surface area contributed by atoms with Crippen LogP contribution in [0.25, 0.3) is 0 Å². The third-order valence-corrected chi connectivity index (χ3v) is 3.03. The highest BCUT2D eigenvalue weighted by Gasteiger charge is 2.14. The van der Waals surface area contributed by atoms with Gasteiger partial charge in [0.1, 0.15) is 5.82 Å².